The molecule has 0 radical (unpaired) electrons. The van der Waals surface area contributed by atoms with Crippen LogP contribution in [0.3, 0.4) is 0 Å². The van der Waals surface area contributed by atoms with Gasteiger partial charge >= 0.3 is 0 Å². The second-order valence-electron chi connectivity index (χ2n) is 6.82. The normalized spacial score (nSPS) is 11.8. The molecule has 0 bridgehead atoms. The topological polar surface area (TPSA) is 88.9 Å². The molecule has 1 atom stereocenters. The molecule has 2 amide bonds. The van der Waals surface area contributed by atoms with Crippen molar-refractivity contribution in [1.82, 2.24) is 25.4 Å². The number of thiophene rings is 1. The lowest BCUT2D eigenvalue weighted by Crippen LogP contribution is -2.39. The van der Waals surface area contributed by atoms with Crippen LogP contribution in [0, 0.1) is 17.5 Å². The average Bonchev–Trinajstić information content (AvgIpc) is 3.49. The number of carbonyl (C=O) groups is 2. The van der Waals surface area contributed by atoms with Crippen LogP contribution in [0.1, 0.15) is 22.2 Å². The van der Waals surface area contributed by atoms with Crippen LogP contribution >= 0.6 is 11.3 Å². The first-order valence-corrected chi connectivity index (χ1v) is 10.5. The fourth-order valence-corrected chi connectivity index (χ4v) is 3.79. The smallest absolute Gasteiger partial charge is 0.291 e. The molecule has 33 heavy (non-hydrogen) atoms. The lowest BCUT2D eigenvalue weighted by atomic mass is 10.1. The third-order valence-electron chi connectivity index (χ3n) is 4.67. The molecule has 0 aliphatic rings. The van der Waals surface area contributed by atoms with Crippen molar-refractivity contribution in [2.45, 2.75) is 6.04 Å². The molecule has 168 valence electrons. The Bertz CT molecular complexity index is 1320. The summed E-state index contributed by atoms with van der Waals surface area (Å²) < 4.78 is 42.2. The predicted molar refractivity (Wildman–Crippen MR) is 115 cm³/mol. The number of likely N-dealkylation sites (N-methyl/N-ethyl adjacent to an activating group) is 1. The molecule has 0 fully saturated rings. The molecule has 2 heterocycles. The van der Waals surface area contributed by atoms with Crippen LogP contribution in [0.4, 0.5) is 13.2 Å². The highest BCUT2D eigenvalue weighted by Crippen LogP contribution is 2.26. The van der Waals surface area contributed by atoms with Crippen molar-refractivity contribution in [3.8, 4) is 16.4 Å². The van der Waals surface area contributed by atoms with Gasteiger partial charge in [0.15, 0.2) is 17.5 Å². The van der Waals surface area contributed by atoms with Crippen molar-refractivity contribution in [1.29, 1.82) is 0 Å². The Hall–Kier alpha value is -3.99. The van der Waals surface area contributed by atoms with Gasteiger partial charge in [0.25, 0.3) is 5.91 Å². The molecule has 0 aliphatic heterocycles. The zero-order valence-corrected chi connectivity index (χ0v) is 17.9. The third-order valence-corrected chi connectivity index (χ3v) is 5.53. The summed E-state index contributed by atoms with van der Waals surface area (Å²) in [6.07, 6.45) is 0. The Balaban J connectivity index is 1.72. The lowest BCUT2D eigenvalue weighted by Gasteiger charge is -2.17. The molecule has 0 saturated heterocycles. The van der Waals surface area contributed by atoms with E-state index in [1.165, 1.54) is 47.3 Å². The quantitative estimate of drug-likeness (QED) is 0.450. The van der Waals surface area contributed by atoms with Crippen molar-refractivity contribution < 1.29 is 22.8 Å². The molecular formula is C22H16F3N5O2S. The number of benzene rings is 2. The molecule has 0 spiro atoms. The Morgan fingerprint density at radius 2 is 1.85 bits per heavy atom. The second kappa shape index (κ2) is 9.25. The first-order valence-electron chi connectivity index (χ1n) is 9.61. The van der Waals surface area contributed by atoms with E-state index in [9.17, 15) is 22.8 Å². The van der Waals surface area contributed by atoms with Gasteiger partial charge in [0, 0.05) is 7.05 Å². The lowest BCUT2D eigenvalue weighted by molar-refractivity contribution is -0.122. The maximum absolute atomic E-state index is 13.8. The van der Waals surface area contributed by atoms with Crippen LogP contribution in [0.25, 0.3) is 16.4 Å². The Morgan fingerprint density at radius 1 is 1.03 bits per heavy atom. The highest BCUT2D eigenvalue weighted by atomic mass is 32.1. The summed E-state index contributed by atoms with van der Waals surface area (Å²) in [6.45, 7) is 0. The number of nitrogens with zero attached hydrogens (tertiary/aromatic N) is 3. The van der Waals surface area contributed by atoms with Gasteiger partial charge < -0.3 is 10.6 Å². The first kappa shape index (κ1) is 22.2. The van der Waals surface area contributed by atoms with Gasteiger partial charge in [-0.3, -0.25) is 9.59 Å². The summed E-state index contributed by atoms with van der Waals surface area (Å²) in [5, 5.41) is 10.8. The van der Waals surface area contributed by atoms with E-state index in [4.69, 9.17) is 0 Å². The highest BCUT2D eigenvalue weighted by molar-refractivity contribution is 7.13. The molecule has 2 N–H and O–H groups in total. The van der Waals surface area contributed by atoms with E-state index in [0.717, 1.165) is 12.1 Å². The number of carbonyl (C=O) groups excluding carboxylic acids is 2. The third kappa shape index (κ3) is 4.62. The van der Waals surface area contributed by atoms with Gasteiger partial charge in [-0.25, -0.2) is 22.8 Å². The minimum Gasteiger partial charge on any atom is -0.357 e. The summed E-state index contributed by atoms with van der Waals surface area (Å²) in [5.74, 6) is -4.23. The molecule has 0 aliphatic carbocycles. The molecule has 1 unspecified atom stereocenters. The van der Waals surface area contributed by atoms with E-state index in [2.05, 4.69) is 20.7 Å². The van der Waals surface area contributed by atoms with Gasteiger partial charge in [0.2, 0.25) is 11.7 Å². The summed E-state index contributed by atoms with van der Waals surface area (Å²) >= 11 is 1.35. The van der Waals surface area contributed by atoms with E-state index < -0.39 is 35.3 Å². The number of hydrogen-bond acceptors (Lipinski definition) is 5. The number of hydrogen-bond donors (Lipinski definition) is 2. The number of amides is 2. The number of halogens is 3. The largest absolute Gasteiger partial charge is 0.357 e. The van der Waals surface area contributed by atoms with Crippen LogP contribution in [-0.2, 0) is 4.79 Å². The van der Waals surface area contributed by atoms with Crippen molar-refractivity contribution >= 4 is 23.2 Å². The maximum Gasteiger partial charge on any atom is 0.291 e. The number of aromatic nitrogens is 3. The van der Waals surface area contributed by atoms with Crippen molar-refractivity contribution in [2.24, 2.45) is 0 Å². The van der Waals surface area contributed by atoms with Gasteiger partial charge in [-0.05, 0) is 47.3 Å². The average molecular weight is 471 g/mol. The number of nitrogens with one attached hydrogen (secondary N) is 2. The Morgan fingerprint density at radius 3 is 2.52 bits per heavy atom. The zero-order chi connectivity index (χ0) is 23.5. The van der Waals surface area contributed by atoms with E-state index in [-0.39, 0.29) is 11.4 Å². The van der Waals surface area contributed by atoms with Crippen molar-refractivity contribution in [2.75, 3.05) is 7.05 Å². The molecule has 7 nitrogen and oxygen atoms in total. The summed E-state index contributed by atoms with van der Waals surface area (Å²) in [6, 6.07) is 10.7. The molecule has 4 rings (SSSR count). The highest BCUT2D eigenvalue weighted by Gasteiger charge is 2.27. The van der Waals surface area contributed by atoms with Gasteiger partial charge in [-0.1, -0.05) is 18.2 Å². The van der Waals surface area contributed by atoms with Crippen LogP contribution in [0.5, 0.6) is 0 Å². The van der Waals surface area contributed by atoms with E-state index in [1.54, 1.807) is 18.2 Å². The van der Waals surface area contributed by atoms with Crippen LogP contribution in [-0.4, -0.2) is 33.6 Å². The molecule has 0 saturated carbocycles. The van der Waals surface area contributed by atoms with Crippen LogP contribution < -0.4 is 10.6 Å². The van der Waals surface area contributed by atoms with Crippen molar-refractivity contribution in [3.63, 3.8) is 0 Å². The number of rotatable bonds is 6. The monoisotopic (exact) mass is 471 g/mol. The molecule has 4 aromatic rings. The molecular weight excluding hydrogens is 455 g/mol. The summed E-state index contributed by atoms with van der Waals surface area (Å²) in [5.41, 5.74) is 0.373. The second-order valence-corrected chi connectivity index (χ2v) is 7.77. The minimum atomic E-state index is -1.33. The van der Waals surface area contributed by atoms with Crippen LogP contribution in [0.15, 0.2) is 60.0 Å². The SMILES string of the molecule is CNC(=O)C(NC(=O)c1nc(-c2cccs2)n(-c2cccc(F)c2)n1)c1ccc(F)c(F)c1. The van der Waals surface area contributed by atoms with E-state index in [0.29, 0.717) is 16.4 Å². The fourth-order valence-electron chi connectivity index (χ4n) is 3.09. The Kier molecular flexibility index (Phi) is 6.22. The first-order chi connectivity index (χ1) is 15.9. The van der Waals surface area contributed by atoms with Gasteiger partial charge in [-0.2, -0.15) is 0 Å². The summed E-state index contributed by atoms with van der Waals surface area (Å²) in [4.78, 5) is 30.3. The van der Waals surface area contributed by atoms with E-state index >= 15 is 0 Å². The van der Waals surface area contributed by atoms with Gasteiger partial charge in [0.05, 0.1) is 10.6 Å². The maximum atomic E-state index is 13.8. The van der Waals surface area contributed by atoms with Crippen molar-refractivity contribution in [3.05, 3.63) is 88.8 Å². The van der Waals surface area contributed by atoms with Gasteiger partial charge in [0.1, 0.15) is 11.9 Å². The molecule has 2 aromatic carbocycles. The minimum absolute atomic E-state index is 0.0321. The van der Waals surface area contributed by atoms with Crippen LogP contribution in [0.2, 0.25) is 0 Å². The molecule has 2 aromatic heterocycles. The fraction of sp³-hybridized carbons (Fsp3) is 0.0909. The Labute approximate surface area is 189 Å². The predicted octanol–water partition coefficient (Wildman–Crippen LogP) is 3.63. The van der Waals surface area contributed by atoms with Gasteiger partial charge in [-0.15, -0.1) is 16.4 Å². The van der Waals surface area contributed by atoms with E-state index in [1.807, 2.05) is 5.38 Å². The summed E-state index contributed by atoms with van der Waals surface area (Å²) in [7, 11) is 1.34. The molecule has 11 heteroatoms. The zero-order valence-electron chi connectivity index (χ0n) is 17.1. The standard InChI is InChI=1S/C22H16F3N5O2S/c1-26-21(31)18(12-7-8-15(24)16(25)10-12)27-22(32)19-28-20(17-6-3-9-33-17)30(29-19)14-5-2-4-13(23)11-14/h2-11,18H,1H3,(H,26,31)(H,27,32).